The van der Waals surface area contributed by atoms with Crippen LogP contribution in [0.5, 0.6) is 0 Å². The molecule has 120 valence electrons. The molecule has 0 saturated carbocycles. The fourth-order valence-corrected chi connectivity index (χ4v) is 2.89. The summed E-state index contributed by atoms with van der Waals surface area (Å²) < 4.78 is 14.3. The number of hydrogen-bond donors (Lipinski definition) is 2. The SMILES string of the molecule is O=C(NC1CCCNC1)c1ccc(-c2ccc(Cl)cc2)cc1F. The van der Waals surface area contributed by atoms with Crippen LogP contribution in [0, 0.1) is 5.82 Å². The van der Waals surface area contributed by atoms with Crippen molar-refractivity contribution >= 4 is 17.5 Å². The average molecular weight is 333 g/mol. The topological polar surface area (TPSA) is 41.1 Å². The van der Waals surface area contributed by atoms with E-state index >= 15 is 0 Å². The standard InChI is InChI=1S/C18H18ClFN2O/c19-14-6-3-12(4-7-14)13-5-8-16(17(20)10-13)18(23)22-15-2-1-9-21-11-15/h3-8,10,15,21H,1-2,9,11H2,(H,22,23). The molecule has 5 heteroatoms. The molecule has 1 amide bonds. The Bertz CT molecular complexity index is 697. The summed E-state index contributed by atoms with van der Waals surface area (Å²) in [5, 5.41) is 6.74. The lowest BCUT2D eigenvalue weighted by Crippen LogP contribution is -2.45. The van der Waals surface area contributed by atoms with Crippen LogP contribution in [-0.2, 0) is 0 Å². The van der Waals surface area contributed by atoms with Crippen LogP contribution in [0.2, 0.25) is 5.02 Å². The molecule has 1 heterocycles. The molecule has 0 aromatic heterocycles. The van der Waals surface area contributed by atoms with Crippen molar-refractivity contribution in [2.75, 3.05) is 13.1 Å². The zero-order valence-corrected chi connectivity index (χ0v) is 13.4. The quantitative estimate of drug-likeness (QED) is 0.901. The highest BCUT2D eigenvalue weighted by Gasteiger charge is 2.18. The van der Waals surface area contributed by atoms with Gasteiger partial charge in [-0.3, -0.25) is 4.79 Å². The molecule has 1 aliphatic heterocycles. The molecule has 1 aliphatic rings. The van der Waals surface area contributed by atoms with E-state index in [9.17, 15) is 9.18 Å². The molecule has 2 aromatic carbocycles. The number of rotatable bonds is 3. The summed E-state index contributed by atoms with van der Waals surface area (Å²) >= 11 is 5.86. The molecular weight excluding hydrogens is 315 g/mol. The lowest BCUT2D eigenvalue weighted by Gasteiger charge is -2.23. The Balaban J connectivity index is 1.76. The number of hydrogen-bond acceptors (Lipinski definition) is 2. The summed E-state index contributed by atoms with van der Waals surface area (Å²) in [6, 6.07) is 11.9. The van der Waals surface area contributed by atoms with E-state index in [1.807, 2.05) is 12.1 Å². The Kier molecular flexibility index (Phi) is 4.94. The molecule has 23 heavy (non-hydrogen) atoms. The molecule has 0 spiro atoms. The third kappa shape index (κ3) is 3.89. The number of piperidine rings is 1. The molecule has 0 radical (unpaired) electrons. The van der Waals surface area contributed by atoms with Crippen LogP contribution in [0.3, 0.4) is 0 Å². The predicted molar refractivity (Wildman–Crippen MR) is 90.2 cm³/mol. The summed E-state index contributed by atoms with van der Waals surface area (Å²) in [5.41, 5.74) is 1.65. The summed E-state index contributed by atoms with van der Waals surface area (Å²) in [7, 11) is 0. The molecule has 1 atom stereocenters. The van der Waals surface area contributed by atoms with E-state index in [0.717, 1.165) is 37.1 Å². The first-order valence-electron chi connectivity index (χ1n) is 7.70. The zero-order valence-electron chi connectivity index (χ0n) is 12.6. The molecular formula is C18H18ClFN2O. The monoisotopic (exact) mass is 332 g/mol. The largest absolute Gasteiger partial charge is 0.348 e. The van der Waals surface area contributed by atoms with Crippen LogP contribution >= 0.6 is 11.6 Å². The molecule has 1 saturated heterocycles. The van der Waals surface area contributed by atoms with Gasteiger partial charge in [-0.25, -0.2) is 4.39 Å². The summed E-state index contributed by atoms with van der Waals surface area (Å²) in [4.78, 5) is 12.2. The maximum atomic E-state index is 14.3. The lowest BCUT2D eigenvalue weighted by molar-refractivity contribution is 0.0926. The minimum Gasteiger partial charge on any atom is -0.348 e. The van der Waals surface area contributed by atoms with Gasteiger partial charge in [0.15, 0.2) is 0 Å². The van der Waals surface area contributed by atoms with Crippen LogP contribution in [0.1, 0.15) is 23.2 Å². The maximum absolute atomic E-state index is 14.3. The van der Waals surface area contributed by atoms with Gasteiger partial charge in [-0.1, -0.05) is 29.8 Å². The number of carbonyl (C=O) groups is 1. The highest BCUT2D eigenvalue weighted by Crippen LogP contribution is 2.23. The summed E-state index contributed by atoms with van der Waals surface area (Å²) in [6.07, 6.45) is 1.94. The second kappa shape index (κ2) is 7.11. The van der Waals surface area contributed by atoms with Gasteiger partial charge >= 0.3 is 0 Å². The minimum atomic E-state index is -0.515. The van der Waals surface area contributed by atoms with Crippen molar-refractivity contribution in [3.8, 4) is 11.1 Å². The van der Waals surface area contributed by atoms with Crippen molar-refractivity contribution in [2.24, 2.45) is 0 Å². The van der Waals surface area contributed by atoms with Gasteiger partial charge in [0.05, 0.1) is 5.56 Å². The van der Waals surface area contributed by atoms with E-state index in [4.69, 9.17) is 11.6 Å². The fraction of sp³-hybridized carbons (Fsp3) is 0.278. The second-order valence-electron chi connectivity index (χ2n) is 5.72. The van der Waals surface area contributed by atoms with E-state index in [-0.39, 0.29) is 17.5 Å². The summed E-state index contributed by atoms with van der Waals surface area (Å²) in [5.74, 6) is -0.877. The number of benzene rings is 2. The molecule has 2 N–H and O–H groups in total. The first kappa shape index (κ1) is 16.0. The van der Waals surface area contributed by atoms with Crippen molar-refractivity contribution in [1.82, 2.24) is 10.6 Å². The highest BCUT2D eigenvalue weighted by molar-refractivity contribution is 6.30. The van der Waals surface area contributed by atoms with Crippen LogP contribution in [0.15, 0.2) is 42.5 Å². The van der Waals surface area contributed by atoms with E-state index in [2.05, 4.69) is 10.6 Å². The van der Waals surface area contributed by atoms with E-state index in [1.54, 1.807) is 18.2 Å². The minimum absolute atomic E-state index is 0.0617. The van der Waals surface area contributed by atoms with Crippen LogP contribution in [0.4, 0.5) is 4.39 Å². The third-order valence-electron chi connectivity index (χ3n) is 4.02. The average Bonchev–Trinajstić information content (AvgIpc) is 2.56. The molecule has 2 aromatic rings. The molecule has 3 nitrogen and oxygen atoms in total. The predicted octanol–water partition coefficient (Wildman–Crippen LogP) is 3.63. The van der Waals surface area contributed by atoms with Crippen molar-refractivity contribution in [3.63, 3.8) is 0 Å². The van der Waals surface area contributed by atoms with Gasteiger partial charge in [0.25, 0.3) is 5.91 Å². The number of halogens is 2. The second-order valence-corrected chi connectivity index (χ2v) is 6.15. The number of amides is 1. The Morgan fingerprint density at radius 1 is 1.17 bits per heavy atom. The normalized spacial score (nSPS) is 17.7. The molecule has 0 aliphatic carbocycles. The number of nitrogens with one attached hydrogen (secondary N) is 2. The van der Waals surface area contributed by atoms with Crippen molar-refractivity contribution in [3.05, 3.63) is 58.9 Å². The zero-order chi connectivity index (χ0) is 16.2. The fourth-order valence-electron chi connectivity index (χ4n) is 2.76. The molecule has 0 bridgehead atoms. The maximum Gasteiger partial charge on any atom is 0.254 e. The van der Waals surface area contributed by atoms with E-state index < -0.39 is 5.82 Å². The van der Waals surface area contributed by atoms with Crippen LogP contribution < -0.4 is 10.6 Å². The smallest absolute Gasteiger partial charge is 0.254 e. The van der Waals surface area contributed by atoms with Gasteiger partial charge < -0.3 is 10.6 Å². The lowest BCUT2D eigenvalue weighted by atomic mass is 10.0. The third-order valence-corrected chi connectivity index (χ3v) is 4.28. The Morgan fingerprint density at radius 2 is 1.91 bits per heavy atom. The summed E-state index contributed by atoms with van der Waals surface area (Å²) in [6.45, 7) is 1.70. The van der Waals surface area contributed by atoms with Gasteiger partial charge in [0.2, 0.25) is 0 Å². The molecule has 3 rings (SSSR count). The van der Waals surface area contributed by atoms with E-state index in [1.165, 1.54) is 12.1 Å². The number of carbonyl (C=O) groups excluding carboxylic acids is 1. The van der Waals surface area contributed by atoms with Gasteiger partial charge in [0, 0.05) is 17.6 Å². The van der Waals surface area contributed by atoms with Crippen LogP contribution in [0.25, 0.3) is 11.1 Å². The van der Waals surface area contributed by atoms with Crippen LogP contribution in [-0.4, -0.2) is 25.0 Å². The molecule has 1 unspecified atom stereocenters. The van der Waals surface area contributed by atoms with Gasteiger partial charge in [-0.05, 0) is 54.8 Å². The first-order valence-corrected chi connectivity index (χ1v) is 8.08. The molecule has 1 fully saturated rings. The van der Waals surface area contributed by atoms with E-state index in [0.29, 0.717) is 5.02 Å². The van der Waals surface area contributed by atoms with Crippen molar-refractivity contribution < 1.29 is 9.18 Å². The Hall–Kier alpha value is -1.91. The van der Waals surface area contributed by atoms with Gasteiger partial charge in [0.1, 0.15) is 5.82 Å². The van der Waals surface area contributed by atoms with Gasteiger partial charge in [-0.15, -0.1) is 0 Å². The van der Waals surface area contributed by atoms with Gasteiger partial charge in [-0.2, -0.15) is 0 Å². The van der Waals surface area contributed by atoms with Crippen molar-refractivity contribution in [2.45, 2.75) is 18.9 Å². The highest BCUT2D eigenvalue weighted by atomic mass is 35.5. The first-order chi connectivity index (χ1) is 11.1. The Labute approximate surface area is 139 Å². The van der Waals surface area contributed by atoms with Crippen molar-refractivity contribution in [1.29, 1.82) is 0 Å². The Morgan fingerprint density at radius 3 is 2.57 bits per heavy atom.